The molecular weight excluding hydrogens is 440 g/mol. The number of amides is 2. The van der Waals surface area contributed by atoms with Crippen molar-refractivity contribution in [3.8, 4) is 0 Å². The zero-order valence-corrected chi connectivity index (χ0v) is 20.1. The highest BCUT2D eigenvalue weighted by atomic mass is 16.5. The summed E-state index contributed by atoms with van der Waals surface area (Å²) in [7, 11) is 1.33. The van der Waals surface area contributed by atoms with Crippen molar-refractivity contribution in [3.05, 3.63) is 84.6 Å². The second-order valence-electron chi connectivity index (χ2n) is 9.91. The largest absolute Gasteiger partial charge is 0.452 e. The summed E-state index contributed by atoms with van der Waals surface area (Å²) in [5, 5.41) is 14.2. The van der Waals surface area contributed by atoms with Crippen molar-refractivity contribution >= 4 is 22.8 Å². The van der Waals surface area contributed by atoms with Crippen molar-refractivity contribution in [1.29, 1.82) is 0 Å². The Labute approximate surface area is 206 Å². The third-order valence-corrected chi connectivity index (χ3v) is 7.78. The highest BCUT2D eigenvalue weighted by Gasteiger charge is 2.54. The van der Waals surface area contributed by atoms with E-state index in [4.69, 9.17) is 4.74 Å². The summed E-state index contributed by atoms with van der Waals surface area (Å²) in [6.07, 6.45) is 9.95. The maximum Gasteiger partial charge on any atom is 0.414 e. The van der Waals surface area contributed by atoms with Gasteiger partial charge in [0, 0.05) is 19.2 Å². The number of carbonyl (C=O) groups excluding carboxylic acids is 2. The summed E-state index contributed by atoms with van der Waals surface area (Å²) in [4.78, 5) is 29.3. The van der Waals surface area contributed by atoms with Crippen molar-refractivity contribution in [1.82, 2.24) is 9.80 Å². The SMILES string of the molecule is C=CCC1C=CC(C(=O)N2CC[C@H]3CC[C@](O)(Cc4ccc5ccccc5c4)[C@H]32)=CN1C(=O)OC. The molecule has 2 aliphatic heterocycles. The standard InChI is InChI=1S/C29H32N2O4/c1-3-6-25-12-11-24(19-31(25)28(33)35-2)27(32)30-16-14-22-13-15-29(34,26(22)30)18-20-9-10-21-7-4-5-8-23(21)17-20/h3-5,7-12,17,19,22,25-26,34H,1,6,13-16,18H2,2H3/t22-,25?,26+,29+/m1/s1. The first-order valence-corrected chi connectivity index (χ1v) is 12.3. The number of rotatable bonds is 5. The van der Waals surface area contributed by atoms with Gasteiger partial charge in [0.05, 0.1) is 30.4 Å². The van der Waals surface area contributed by atoms with Crippen molar-refractivity contribution in [2.24, 2.45) is 5.92 Å². The molecule has 4 atom stereocenters. The zero-order chi connectivity index (χ0) is 24.6. The lowest BCUT2D eigenvalue weighted by Gasteiger charge is -2.37. The Hall–Kier alpha value is -3.38. The van der Waals surface area contributed by atoms with Gasteiger partial charge in [0.2, 0.25) is 0 Å². The topological polar surface area (TPSA) is 70.1 Å². The molecule has 2 aromatic rings. The van der Waals surface area contributed by atoms with Gasteiger partial charge in [-0.05, 0) is 54.0 Å². The molecule has 1 aliphatic carbocycles. The summed E-state index contributed by atoms with van der Waals surface area (Å²) < 4.78 is 4.93. The number of carbonyl (C=O) groups is 2. The number of benzene rings is 2. The molecule has 2 heterocycles. The predicted molar refractivity (Wildman–Crippen MR) is 136 cm³/mol. The number of nitrogens with zero attached hydrogens (tertiary/aromatic N) is 2. The van der Waals surface area contributed by atoms with Crippen LogP contribution in [0.25, 0.3) is 10.8 Å². The highest BCUT2D eigenvalue weighted by molar-refractivity contribution is 5.97. The summed E-state index contributed by atoms with van der Waals surface area (Å²) in [6.45, 7) is 4.36. The number of aliphatic hydroxyl groups is 1. The lowest BCUT2D eigenvalue weighted by atomic mass is 9.86. The van der Waals surface area contributed by atoms with Crippen LogP contribution in [-0.2, 0) is 16.0 Å². The minimum absolute atomic E-state index is 0.154. The van der Waals surface area contributed by atoms with Crippen LogP contribution in [0, 0.1) is 5.92 Å². The van der Waals surface area contributed by atoms with Crippen LogP contribution in [0.3, 0.4) is 0 Å². The van der Waals surface area contributed by atoms with Crippen LogP contribution < -0.4 is 0 Å². The van der Waals surface area contributed by atoms with E-state index in [2.05, 4.69) is 36.9 Å². The van der Waals surface area contributed by atoms with E-state index in [1.807, 2.05) is 23.1 Å². The van der Waals surface area contributed by atoms with Gasteiger partial charge in [0.15, 0.2) is 0 Å². The van der Waals surface area contributed by atoms with Gasteiger partial charge in [-0.1, -0.05) is 54.6 Å². The molecule has 2 fully saturated rings. The quantitative estimate of drug-likeness (QED) is 0.646. The molecule has 3 aliphatic rings. The molecule has 182 valence electrons. The maximum absolute atomic E-state index is 13.7. The van der Waals surface area contributed by atoms with Crippen LogP contribution in [0.5, 0.6) is 0 Å². The Kier molecular flexibility index (Phi) is 6.24. The van der Waals surface area contributed by atoms with Crippen LogP contribution in [0.1, 0.15) is 31.2 Å². The Morgan fingerprint density at radius 1 is 1.20 bits per heavy atom. The molecule has 6 heteroatoms. The first-order valence-electron chi connectivity index (χ1n) is 12.3. The first-order chi connectivity index (χ1) is 16.9. The maximum atomic E-state index is 13.7. The zero-order valence-electron chi connectivity index (χ0n) is 20.1. The van der Waals surface area contributed by atoms with Gasteiger partial charge in [-0.25, -0.2) is 4.79 Å². The molecule has 1 N–H and O–H groups in total. The Balaban J connectivity index is 1.39. The van der Waals surface area contributed by atoms with E-state index in [-0.39, 0.29) is 23.9 Å². The molecule has 0 bridgehead atoms. The normalized spacial score (nSPS) is 27.6. The fourth-order valence-electron chi connectivity index (χ4n) is 6.14. The lowest BCUT2D eigenvalue weighted by Crippen LogP contribution is -2.52. The molecule has 5 rings (SSSR count). The fourth-order valence-corrected chi connectivity index (χ4v) is 6.14. The summed E-state index contributed by atoms with van der Waals surface area (Å²) >= 11 is 0. The first kappa shape index (κ1) is 23.4. The third kappa shape index (κ3) is 4.27. The monoisotopic (exact) mass is 472 g/mol. The van der Waals surface area contributed by atoms with Gasteiger partial charge in [-0.2, -0.15) is 0 Å². The molecule has 0 spiro atoms. The average Bonchev–Trinajstić information content (AvgIpc) is 3.45. The van der Waals surface area contributed by atoms with Crippen LogP contribution in [0.15, 0.2) is 79.0 Å². The van der Waals surface area contributed by atoms with Crippen LogP contribution >= 0.6 is 0 Å². The Morgan fingerprint density at radius 3 is 2.77 bits per heavy atom. The summed E-state index contributed by atoms with van der Waals surface area (Å²) in [6, 6.07) is 14.0. The number of hydrogen-bond acceptors (Lipinski definition) is 4. The lowest BCUT2D eigenvalue weighted by molar-refractivity contribution is -0.133. The van der Waals surface area contributed by atoms with Gasteiger partial charge in [-0.3, -0.25) is 9.69 Å². The van der Waals surface area contributed by atoms with Gasteiger partial charge in [0.25, 0.3) is 5.91 Å². The summed E-state index contributed by atoms with van der Waals surface area (Å²) in [5.41, 5.74) is 0.523. The number of likely N-dealkylation sites (tertiary alicyclic amines) is 1. The number of hydrogen-bond donors (Lipinski definition) is 1. The van der Waals surface area contributed by atoms with E-state index in [1.54, 1.807) is 18.4 Å². The van der Waals surface area contributed by atoms with Crippen LogP contribution in [0.4, 0.5) is 4.79 Å². The van der Waals surface area contributed by atoms with Gasteiger partial charge in [0.1, 0.15) is 0 Å². The number of fused-ring (bicyclic) bond motifs is 2. The van der Waals surface area contributed by atoms with E-state index in [1.165, 1.54) is 17.4 Å². The minimum Gasteiger partial charge on any atom is -0.452 e. The van der Waals surface area contributed by atoms with E-state index >= 15 is 0 Å². The van der Waals surface area contributed by atoms with Gasteiger partial charge in [-0.15, -0.1) is 6.58 Å². The fraction of sp³-hybridized carbons (Fsp3) is 0.379. The molecule has 1 saturated heterocycles. The van der Waals surface area contributed by atoms with Crippen molar-refractivity contribution in [2.75, 3.05) is 13.7 Å². The third-order valence-electron chi connectivity index (χ3n) is 7.78. The Morgan fingerprint density at radius 2 is 2.00 bits per heavy atom. The van der Waals surface area contributed by atoms with E-state index in [9.17, 15) is 14.7 Å². The van der Waals surface area contributed by atoms with E-state index in [0.717, 1.165) is 23.8 Å². The van der Waals surface area contributed by atoms with Crippen molar-refractivity contribution in [2.45, 2.75) is 49.8 Å². The van der Waals surface area contributed by atoms with Crippen molar-refractivity contribution in [3.63, 3.8) is 0 Å². The van der Waals surface area contributed by atoms with E-state index in [0.29, 0.717) is 31.4 Å². The molecule has 2 aromatic carbocycles. The molecule has 35 heavy (non-hydrogen) atoms. The Bertz CT molecular complexity index is 1220. The number of methoxy groups -OCH3 is 1. The smallest absolute Gasteiger partial charge is 0.414 e. The molecule has 1 saturated carbocycles. The average molecular weight is 473 g/mol. The number of ether oxygens (including phenoxy) is 1. The van der Waals surface area contributed by atoms with Crippen molar-refractivity contribution < 1.29 is 19.4 Å². The molecule has 0 radical (unpaired) electrons. The summed E-state index contributed by atoms with van der Waals surface area (Å²) in [5.74, 6) is 0.126. The molecule has 6 nitrogen and oxygen atoms in total. The van der Waals surface area contributed by atoms with Gasteiger partial charge >= 0.3 is 6.09 Å². The molecular formula is C29H32N2O4. The second kappa shape index (κ2) is 9.34. The molecule has 1 unspecified atom stereocenters. The minimum atomic E-state index is -0.981. The molecule has 0 aromatic heterocycles. The van der Waals surface area contributed by atoms with Crippen LogP contribution in [0.2, 0.25) is 0 Å². The predicted octanol–water partition coefficient (Wildman–Crippen LogP) is 4.59. The second-order valence-corrected chi connectivity index (χ2v) is 9.91. The van der Waals surface area contributed by atoms with Gasteiger partial charge < -0.3 is 14.7 Å². The van der Waals surface area contributed by atoms with E-state index < -0.39 is 11.7 Å². The van der Waals surface area contributed by atoms with Crippen LogP contribution in [-0.4, -0.2) is 58.2 Å². The highest BCUT2D eigenvalue weighted by Crippen LogP contribution is 2.46. The molecule has 2 amide bonds.